The summed E-state index contributed by atoms with van der Waals surface area (Å²) < 4.78 is 12.6. The second-order valence-corrected chi connectivity index (χ2v) is 5.25. The number of aryl methyl sites for hydroxylation is 1. The molecule has 5 nitrogen and oxygen atoms in total. The summed E-state index contributed by atoms with van der Waals surface area (Å²) in [6.45, 7) is 1.89. The summed E-state index contributed by atoms with van der Waals surface area (Å²) in [6.07, 6.45) is 1.70. The molecule has 0 saturated carbocycles. The van der Waals surface area contributed by atoms with Crippen molar-refractivity contribution >= 4 is 11.0 Å². The third-order valence-electron chi connectivity index (χ3n) is 3.88. The highest BCUT2D eigenvalue weighted by Gasteiger charge is 2.17. The standard InChI is InChI=1S/C18H15N3O2/c1-12-15(11-19-23-12)18-20-16-5-3-4-6-17(16)21(18)13-7-9-14(22-2)10-8-13/h3-11H,1-2H3. The summed E-state index contributed by atoms with van der Waals surface area (Å²) in [6, 6.07) is 16.0. The molecule has 2 aromatic carbocycles. The van der Waals surface area contributed by atoms with Crippen molar-refractivity contribution in [1.82, 2.24) is 14.7 Å². The number of fused-ring (bicyclic) bond motifs is 1. The molecule has 114 valence electrons. The normalized spacial score (nSPS) is 11.0. The van der Waals surface area contributed by atoms with Crippen molar-refractivity contribution in [1.29, 1.82) is 0 Å². The van der Waals surface area contributed by atoms with Gasteiger partial charge < -0.3 is 9.26 Å². The zero-order valence-corrected chi connectivity index (χ0v) is 12.9. The molecule has 0 spiro atoms. The maximum atomic E-state index is 5.25. The molecule has 0 aliphatic carbocycles. The van der Waals surface area contributed by atoms with Gasteiger partial charge in [-0.3, -0.25) is 4.57 Å². The minimum absolute atomic E-state index is 0.745. The number of methoxy groups -OCH3 is 1. The maximum absolute atomic E-state index is 5.25. The predicted molar refractivity (Wildman–Crippen MR) is 87.9 cm³/mol. The van der Waals surface area contributed by atoms with E-state index in [4.69, 9.17) is 14.2 Å². The first-order chi connectivity index (χ1) is 11.3. The smallest absolute Gasteiger partial charge is 0.150 e. The van der Waals surface area contributed by atoms with Gasteiger partial charge in [0, 0.05) is 5.69 Å². The molecule has 4 aromatic rings. The Balaban J connectivity index is 2.01. The lowest BCUT2D eigenvalue weighted by Crippen LogP contribution is -1.97. The van der Waals surface area contributed by atoms with Crippen LogP contribution in [-0.4, -0.2) is 21.8 Å². The van der Waals surface area contributed by atoms with Crippen LogP contribution in [0.5, 0.6) is 5.75 Å². The molecule has 0 radical (unpaired) electrons. The van der Waals surface area contributed by atoms with Crippen LogP contribution in [0.3, 0.4) is 0 Å². The minimum atomic E-state index is 0.745. The lowest BCUT2D eigenvalue weighted by Gasteiger charge is -2.09. The van der Waals surface area contributed by atoms with Gasteiger partial charge in [0.15, 0.2) is 5.82 Å². The van der Waals surface area contributed by atoms with E-state index in [0.717, 1.165) is 39.6 Å². The van der Waals surface area contributed by atoms with Crippen molar-refractivity contribution in [3.05, 3.63) is 60.5 Å². The summed E-state index contributed by atoms with van der Waals surface area (Å²) in [5, 5.41) is 3.88. The molecule has 0 N–H and O–H groups in total. The van der Waals surface area contributed by atoms with Crippen LogP contribution >= 0.6 is 0 Å². The molecule has 0 fully saturated rings. The van der Waals surface area contributed by atoms with Gasteiger partial charge in [-0.1, -0.05) is 17.3 Å². The second kappa shape index (κ2) is 5.28. The van der Waals surface area contributed by atoms with Crippen molar-refractivity contribution in [3.8, 4) is 22.8 Å². The molecule has 4 rings (SSSR count). The molecule has 5 heteroatoms. The molecular weight excluding hydrogens is 290 g/mol. The molecular formula is C18H15N3O2. The molecule has 0 aliphatic rings. The molecule has 23 heavy (non-hydrogen) atoms. The number of rotatable bonds is 3. The van der Waals surface area contributed by atoms with Crippen molar-refractivity contribution in [3.63, 3.8) is 0 Å². The van der Waals surface area contributed by atoms with Gasteiger partial charge in [0.1, 0.15) is 11.5 Å². The first kappa shape index (κ1) is 13.6. The van der Waals surface area contributed by atoms with Crippen LogP contribution in [0.15, 0.2) is 59.3 Å². The summed E-state index contributed by atoms with van der Waals surface area (Å²) in [4.78, 5) is 4.77. The summed E-state index contributed by atoms with van der Waals surface area (Å²) in [5.41, 5.74) is 3.86. The van der Waals surface area contributed by atoms with Crippen LogP contribution in [0.25, 0.3) is 28.1 Å². The van der Waals surface area contributed by atoms with Crippen molar-refractivity contribution in [2.24, 2.45) is 0 Å². The number of imidazole rings is 1. The van der Waals surface area contributed by atoms with E-state index in [0.29, 0.717) is 0 Å². The Bertz CT molecular complexity index is 968. The zero-order chi connectivity index (χ0) is 15.8. The van der Waals surface area contributed by atoms with E-state index in [-0.39, 0.29) is 0 Å². The number of benzene rings is 2. The van der Waals surface area contributed by atoms with E-state index >= 15 is 0 Å². The molecule has 0 bridgehead atoms. The van der Waals surface area contributed by atoms with Gasteiger partial charge >= 0.3 is 0 Å². The lowest BCUT2D eigenvalue weighted by molar-refractivity contribution is 0.398. The predicted octanol–water partition coefficient (Wildman–Crippen LogP) is 4.00. The highest BCUT2D eigenvalue weighted by molar-refractivity contribution is 5.83. The average molecular weight is 305 g/mol. The molecule has 0 amide bonds. The summed E-state index contributed by atoms with van der Waals surface area (Å²) in [5.74, 6) is 2.38. The molecule has 0 saturated heterocycles. The van der Waals surface area contributed by atoms with Gasteiger partial charge in [-0.05, 0) is 43.3 Å². The number of hydrogen-bond donors (Lipinski definition) is 0. The SMILES string of the molecule is COc1ccc(-n2c(-c3cnoc3C)nc3ccccc32)cc1. The Morgan fingerprint density at radius 3 is 2.52 bits per heavy atom. The van der Waals surface area contributed by atoms with Crippen LogP contribution in [-0.2, 0) is 0 Å². The van der Waals surface area contributed by atoms with Gasteiger partial charge in [0.05, 0.1) is 29.9 Å². The van der Waals surface area contributed by atoms with E-state index in [2.05, 4.69) is 15.8 Å². The Hall–Kier alpha value is -3.08. The van der Waals surface area contributed by atoms with Crippen LogP contribution in [0, 0.1) is 6.92 Å². The molecule has 2 aromatic heterocycles. The average Bonchev–Trinajstić information content (AvgIpc) is 3.18. The quantitative estimate of drug-likeness (QED) is 0.574. The number of hydrogen-bond acceptors (Lipinski definition) is 4. The monoisotopic (exact) mass is 305 g/mol. The largest absolute Gasteiger partial charge is 0.497 e. The highest BCUT2D eigenvalue weighted by Crippen LogP contribution is 2.30. The Morgan fingerprint density at radius 2 is 1.83 bits per heavy atom. The second-order valence-electron chi connectivity index (χ2n) is 5.25. The fourth-order valence-corrected chi connectivity index (χ4v) is 2.71. The number of para-hydroxylation sites is 2. The number of ether oxygens (including phenoxy) is 1. The van der Waals surface area contributed by atoms with Gasteiger partial charge in [-0.25, -0.2) is 4.98 Å². The van der Waals surface area contributed by atoms with Gasteiger partial charge in [0.2, 0.25) is 0 Å². The minimum Gasteiger partial charge on any atom is -0.497 e. The highest BCUT2D eigenvalue weighted by atomic mass is 16.5. The van der Waals surface area contributed by atoms with E-state index in [1.54, 1.807) is 13.3 Å². The molecule has 0 unspecified atom stereocenters. The number of nitrogens with zero attached hydrogens (tertiary/aromatic N) is 3. The number of aromatic nitrogens is 3. The maximum Gasteiger partial charge on any atom is 0.150 e. The van der Waals surface area contributed by atoms with E-state index in [1.807, 2.05) is 49.4 Å². The third kappa shape index (κ3) is 2.17. The van der Waals surface area contributed by atoms with E-state index < -0.39 is 0 Å². The van der Waals surface area contributed by atoms with E-state index in [1.165, 1.54) is 0 Å². The first-order valence-electron chi connectivity index (χ1n) is 7.31. The van der Waals surface area contributed by atoms with Crippen LogP contribution < -0.4 is 4.74 Å². The summed E-state index contributed by atoms with van der Waals surface area (Å²) in [7, 11) is 1.66. The molecule has 0 aliphatic heterocycles. The van der Waals surface area contributed by atoms with Gasteiger partial charge in [-0.15, -0.1) is 0 Å². The van der Waals surface area contributed by atoms with Crippen molar-refractivity contribution in [2.45, 2.75) is 6.92 Å². The first-order valence-corrected chi connectivity index (χ1v) is 7.31. The van der Waals surface area contributed by atoms with Crippen molar-refractivity contribution in [2.75, 3.05) is 7.11 Å². The summed E-state index contributed by atoms with van der Waals surface area (Å²) >= 11 is 0. The Morgan fingerprint density at radius 1 is 1.04 bits per heavy atom. The molecule has 0 atom stereocenters. The Labute approximate surface area is 133 Å². The van der Waals surface area contributed by atoms with Crippen LogP contribution in [0.4, 0.5) is 0 Å². The topological polar surface area (TPSA) is 53.1 Å². The van der Waals surface area contributed by atoms with Gasteiger partial charge in [-0.2, -0.15) is 0 Å². The zero-order valence-electron chi connectivity index (χ0n) is 12.9. The fraction of sp³-hybridized carbons (Fsp3) is 0.111. The van der Waals surface area contributed by atoms with Crippen molar-refractivity contribution < 1.29 is 9.26 Å². The van der Waals surface area contributed by atoms with Crippen LogP contribution in [0.1, 0.15) is 5.76 Å². The molecule has 2 heterocycles. The Kier molecular flexibility index (Phi) is 3.12. The van der Waals surface area contributed by atoms with Gasteiger partial charge in [0.25, 0.3) is 0 Å². The van der Waals surface area contributed by atoms with Crippen LogP contribution in [0.2, 0.25) is 0 Å². The third-order valence-corrected chi connectivity index (χ3v) is 3.88. The lowest BCUT2D eigenvalue weighted by atomic mass is 10.2. The van der Waals surface area contributed by atoms with E-state index in [9.17, 15) is 0 Å². The fourth-order valence-electron chi connectivity index (χ4n) is 2.71.